The zero-order valence-electron chi connectivity index (χ0n) is 17.0. The highest BCUT2D eigenvalue weighted by Gasteiger charge is 2.17. The maximum Gasteiger partial charge on any atom is 0.258 e. The molecule has 0 aliphatic carbocycles. The van der Waals surface area contributed by atoms with Crippen molar-refractivity contribution in [1.82, 2.24) is 9.62 Å². The lowest BCUT2D eigenvalue weighted by atomic mass is 10.2. The number of nitrogens with one attached hydrogen (secondary N) is 1. The molecule has 1 aliphatic rings. The van der Waals surface area contributed by atoms with E-state index in [1.807, 2.05) is 35.7 Å². The molecule has 1 saturated heterocycles. The van der Waals surface area contributed by atoms with Crippen molar-refractivity contribution in [3.05, 3.63) is 59.7 Å². The molecule has 9 heteroatoms. The quantitative estimate of drug-likeness (QED) is 0.642. The van der Waals surface area contributed by atoms with E-state index in [4.69, 9.17) is 4.74 Å². The Hall–Kier alpha value is -1.68. The molecular formula is C21H26N2O4S3. The SMILES string of the molecule is CN(C)S(=O)(=O)c1ccc(CNC(=O)COc2ccc(C3SCCCS3)cc2)cc1. The second-order valence-electron chi connectivity index (χ2n) is 6.99. The van der Waals surface area contributed by atoms with E-state index in [0.29, 0.717) is 16.9 Å². The lowest BCUT2D eigenvalue weighted by molar-refractivity contribution is -0.123. The van der Waals surface area contributed by atoms with Crippen LogP contribution < -0.4 is 10.1 Å². The normalized spacial score (nSPS) is 15.2. The van der Waals surface area contributed by atoms with Gasteiger partial charge >= 0.3 is 0 Å². The molecule has 0 bridgehead atoms. The summed E-state index contributed by atoms with van der Waals surface area (Å²) in [5.41, 5.74) is 2.09. The van der Waals surface area contributed by atoms with Crippen molar-refractivity contribution >= 4 is 39.5 Å². The van der Waals surface area contributed by atoms with Crippen LogP contribution >= 0.6 is 23.5 Å². The van der Waals surface area contributed by atoms with Gasteiger partial charge in [-0.05, 0) is 53.3 Å². The molecule has 1 N–H and O–H groups in total. The van der Waals surface area contributed by atoms with Gasteiger partial charge in [0.05, 0.1) is 9.48 Å². The van der Waals surface area contributed by atoms with Gasteiger partial charge in [0.2, 0.25) is 10.0 Å². The molecule has 1 aliphatic heterocycles. The first kappa shape index (κ1) is 23.0. The van der Waals surface area contributed by atoms with Gasteiger partial charge in [-0.15, -0.1) is 23.5 Å². The highest BCUT2D eigenvalue weighted by molar-refractivity contribution is 8.16. The van der Waals surface area contributed by atoms with Crippen LogP contribution in [0.15, 0.2) is 53.4 Å². The van der Waals surface area contributed by atoms with Crippen LogP contribution in [0.5, 0.6) is 5.75 Å². The summed E-state index contributed by atoms with van der Waals surface area (Å²) in [6.45, 7) is 0.235. The van der Waals surface area contributed by atoms with Gasteiger partial charge in [0, 0.05) is 20.6 Å². The third-order valence-electron chi connectivity index (χ3n) is 4.54. The molecule has 0 saturated carbocycles. The van der Waals surface area contributed by atoms with Crippen LogP contribution in [0.25, 0.3) is 0 Å². The predicted molar refractivity (Wildman–Crippen MR) is 123 cm³/mol. The standard InChI is InChI=1S/C21H26N2O4S3/c1-23(2)30(25,26)19-10-4-16(5-11-19)14-22-20(24)15-27-18-8-6-17(7-9-18)21-28-12-3-13-29-21/h4-11,21H,3,12-15H2,1-2H3,(H,22,24). The van der Waals surface area contributed by atoms with Crippen LogP contribution in [-0.4, -0.2) is 50.8 Å². The fraction of sp³-hybridized carbons (Fsp3) is 0.381. The molecule has 1 fully saturated rings. The first-order chi connectivity index (χ1) is 14.4. The molecule has 0 unspecified atom stereocenters. The monoisotopic (exact) mass is 466 g/mol. The molecule has 0 radical (unpaired) electrons. The molecule has 0 spiro atoms. The highest BCUT2D eigenvalue weighted by Crippen LogP contribution is 2.43. The van der Waals surface area contributed by atoms with E-state index in [9.17, 15) is 13.2 Å². The summed E-state index contributed by atoms with van der Waals surface area (Å²) in [5.74, 6) is 2.83. The third-order valence-corrected chi connectivity index (χ3v) is 9.39. The van der Waals surface area contributed by atoms with Gasteiger partial charge in [0.15, 0.2) is 6.61 Å². The zero-order chi connectivity index (χ0) is 21.6. The molecule has 0 atom stereocenters. The molecule has 0 aromatic heterocycles. The maximum absolute atomic E-state index is 12.1. The topological polar surface area (TPSA) is 75.7 Å². The zero-order valence-corrected chi connectivity index (χ0v) is 19.5. The predicted octanol–water partition coefficient (Wildman–Crippen LogP) is 3.50. The molecular weight excluding hydrogens is 440 g/mol. The lowest BCUT2D eigenvalue weighted by Gasteiger charge is -2.21. The van der Waals surface area contributed by atoms with Gasteiger partial charge in [-0.25, -0.2) is 12.7 Å². The number of rotatable bonds is 8. The largest absolute Gasteiger partial charge is 0.484 e. The summed E-state index contributed by atoms with van der Waals surface area (Å²) in [4.78, 5) is 12.3. The second-order valence-corrected chi connectivity index (χ2v) is 11.9. The summed E-state index contributed by atoms with van der Waals surface area (Å²) in [5, 5.41) is 2.78. The van der Waals surface area contributed by atoms with Crippen molar-refractivity contribution in [3.8, 4) is 5.75 Å². The Bertz CT molecular complexity index is 939. The molecule has 1 amide bonds. The van der Waals surface area contributed by atoms with E-state index in [1.165, 1.54) is 54.0 Å². The highest BCUT2D eigenvalue weighted by atomic mass is 32.2. The summed E-state index contributed by atoms with van der Waals surface area (Å²) in [6.07, 6.45) is 1.27. The van der Waals surface area contributed by atoms with E-state index in [2.05, 4.69) is 17.4 Å². The summed E-state index contributed by atoms with van der Waals surface area (Å²) >= 11 is 3.94. The van der Waals surface area contributed by atoms with Gasteiger partial charge in [0.25, 0.3) is 5.91 Å². The molecule has 2 aromatic rings. The summed E-state index contributed by atoms with van der Waals surface area (Å²) in [7, 11) is -0.469. The molecule has 162 valence electrons. The van der Waals surface area contributed by atoms with E-state index in [0.717, 1.165) is 5.56 Å². The van der Waals surface area contributed by atoms with Crippen LogP contribution in [0.1, 0.15) is 22.1 Å². The van der Waals surface area contributed by atoms with Crippen molar-refractivity contribution in [3.63, 3.8) is 0 Å². The number of carbonyl (C=O) groups excluding carboxylic acids is 1. The number of carbonyl (C=O) groups is 1. The maximum atomic E-state index is 12.1. The Morgan fingerprint density at radius 2 is 1.70 bits per heavy atom. The van der Waals surface area contributed by atoms with Crippen LogP contribution in [-0.2, 0) is 21.4 Å². The van der Waals surface area contributed by atoms with Gasteiger partial charge in [-0.2, -0.15) is 0 Å². The molecule has 6 nitrogen and oxygen atoms in total. The average Bonchev–Trinajstić information content (AvgIpc) is 2.77. The number of ether oxygens (including phenoxy) is 1. The number of thioether (sulfide) groups is 2. The molecule has 3 rings (SSSR count). The Balaban J connectivity index is 1.45. The summed E-state index contributed by atoms with van der Waals surface area (Å²) < 4.78 is 31.4. The van der Waals surface area contributed by atoms with Crippen molar-refractivity contribution in [2.24, 2.45) is 0 Å². The van der Waals surface area contributed by atoms with E-state index < -0.39 is 10.0 Å². The minimum Gasteiger partial charge on any atom is -0.484 e. The lowest BCUT2D eigenvalue weighted by Crippen LogP contribution is -2.28. The number of nitrogens with zero attached hydrogens (tertiary/aromatic N) is 1. The number of sulfonamides is 1. The van der Waals surface area contributed by atoms with Gasteiger partial charge in [-0.3, -0.25) is 4.79 Å². The first-order valence-electron chi connectivity index (χ1n) is 9.60. The number of amides is 1. The van der Waals surface area contributed by atoms with E-state index >= 15 is 0 Å². The van der Waals surface area contributed by atoms with Crippen molar-refractivity contribution in [2.75, 3.05) is 32.2 Å². The summed E-state index contributed by atoms with van der Waals surface area (Å²) in [6, 6.07) is 14.4. The van der Waals surface area contributed by atoms with Crippen molar-refractivity contribution in [2.45, 2.75) is 22.4 Å². The van der Waals surface area contributed by atoms with E-state index in [-0.39, 0.29) is 17.4 Å². The van der Waals surface area contributed by atoms with Crippen molar-refractivity contribution in [1.29, 1.82) is 0 Å². The van der Waals surface area contributed by atoms with Gasteiger partial charge in [-0.1, -0.05) is 24.3 Å². The Kier molecular flexibility index (Phi) is 8.10. The fourth-order valence-corrected chi connectivity index (χ4v) is 6.59. The van der Waals surface area contributed by atoms with Crippen LogP contribution in [0.2, 0.25) is 0 Å². The average molecular weight is 467 g/mol. The fourth-order valence-electron chi connectivity index (χ4n) is 2.79. The number of benzene rings is 2. The molecule has 2 aromatic carbocycles. The third kappa shape index (κ3) is 6.16. The van der Waals surface area contributed by atoms with Crippen LogP contribution in [0.4, 0.5) is 0 Å². The van der Waals surface area contributed by atoms with Gasteiger partial charge < -0.3 is 10.1 Å². The second kappa shape index (κ2) is 10.6. The smallest absolute Gasteiger partial charge is 0.258 e. The van der Waals surface area contributed by atoms with Crippen LogP contribution in [0, 0.1) is 0 Å². The molecule has 30 heavy (non-hydrogen) atoms. The van der Waals surface area contributed by atoms with Gasteiger partial charge in [0.1, 0.15) is 5.75 Å². The minimum absolute atomic E-state index is 0.0701. The number of hydrogen-bond acceptors (Lipinski definition) is 6. The van der Waals surface area contributed by atoms with Crippen molar-refractivity contribution < 1.29 is 17.9 Å². The van der Waals surface area contributed by atoms with E-state index in [1.54, 1.807) is 12.1 Å². The number of hydrogen-bond donors (Lipinski definition) is 1. The Labute approximate surface area is 186 Å². The minimum atomic E-state index is -3.45. The molecule has 1 heterocycles. The Morgan fingerprint density at radius 3 is 2.30 bits per heavy atom. The van der Waals surface area contributed by atoms with Crippen LogP contribution in [0.3, 0.4) is 0 Å². The Morgan fingerprint density at radius 1 is 1.07 bits per heavy atom. The first-order valence-corrected chi connectivity index (χ1v) is 13.1.